The molecule has 0 unspecified atom stereocenters. The molecule has 4 aliphatic rings. The first kappa shape index (κ1) is 28.1. The van der Waals surface area contributed by atoms with Gasteiger partial charge in [-0.3, -0.25) is 4.79 Å². The standard InChI is InChI=1S/C32H54O4/c1-20(19-33)9-8-10-21(2)28-27(34)18-26-24-12-11-22-17-23(36-29(35)30(3,4)5)13-15-31(22,6)25(24)14-16-32(26,28)7/h11,20-21,23-28,33-34H,8-10,12-19H2,1-7H3/t20-,21-,23+,24-,25+,26+,27+,28+,31+,32+/m1/s1. The number of ether oxygens (including phenoxy) is 1. The van der Waals surface area contributed by atoms with E-state index in [9.17, 15) is 15.0 Å². The average Bonchev–Trinajstić information content (AvgIpc) is 3.08. The molecule has 4 rings (SSSR count). The minimum absolute atomic E-state index is 0.0218. The third-order valence-electron chi connectivity index (χ3n) is 11.3. The number of hydrogen-bond donors (Lipinski definition) is 2. The van der Waals surface area contributed by atoms with Gasteiger partial charge in [-0.1, -0.05) is 52.2 Å². The second-order valence-electron chi connectivity index (χ2n) is 14.8. The summed E-state index contributed by atoms with van der Waals surface area (Å²) in [5.74, 6) is 3.15. The number of hydrogen-bond acceptors (Lipinski definition) is 4. The Morgan fingerprint density at radius 2 is 1.86 bits per heavy atom. The molecule has 0 saturated heterocycles. The Morgan fingerprint density at radius 3 is 2.53 bits per heavy atom. The van der Waals surface area contributed by atoms with Crippen molar-refractivity contribution in [3.8, 4) is 0 Å². The Bertz CT molecular complexity index is 827. The zero-order valence-corrected chi connectivity index (χ0v) is 24.2. The Morgan fingerprint density at radius 1 is 1.14 bits per heavy atom. The van der Waals surface area contributed by atoms with E-state index in [1.165, 1.54) is 18.4 Å². The molecule has 0 heterocycles. The molecule has 10 atom stereocenters. The van der Waals surface area contributed by atoms with Crippen molar-refractivity contribution in [3.63, 3.8) is 0 Å². The summed E-state index contributed by atoms with van der Waals surface area (Å²) in [7, 11) is 0. The summed E-state index contributed by atoms with van der Waals surface area (Å²) in [6.07, 6.45) is 13.3. The zero-order chi connectivity index (χ0) is 26.5. The quantitative estimate of drug-likeness (QED) is 0.293. The van der Waals surface area contributed by atoms with Crippen LogP contribution in [0.5, 0.6) is 0 Å². The predicted octanol–water partition coefficient (Wildman–Crippen LogP) is 6.93. The third-order valence-corrected chi connectivity index (χ3v) is 11.3. The van der Waals surface area contributed by atoms with Crippen LogP contribution in [0.15, 0.2) is 11.6 Å². The van der Waals surface area contributed by atoms with Gasteiger partial charge in [0.15, 0.2) is 0 Å². The molecule has 0 aromatic carbocycles. The highest BCUT2D eigenvalue weighted by Gasteiger charge is 2.61. The molecular formula is C32H54O4. The fourth-order valence-electron chi connectivity index (χ4n) is 9.20. The molecule has 0 amide bonds. The minimum atomic E-state index is -0.450. The molecule has 2 N–H and O–H groups in total. The van der Waals surface area contributed by atoms with E-state index >= 15 is 0 Å². The fraction of sp³-hybridized carbons (Fsp3) is 0.906. The van der Waals surface area contributed by atoms with E-state index in [-0.39, 0.29) is 35.6 Å². The lowest BCUT2D eigenvalue weighted by molar-refractivity contribution is -0.161. The number of aliphatic hydroxyl groups is 2. The molecule has 0 spiro atoms. The van der Waals surface area contributed by atoms with Crippen LogP contribution in [0.2, 0.25) is 0 Å². The largest absolute Gasteiger partial charge is 0.462 e. The highest BCUT2D eigenvalue weighted by Crippen LogP contribution is 2.67. The van der Waals surface area contributed by atoms with Crippen LogP contribution in [-0.2, 0) is 9.53 Å². The van der Waals surface area contributed by atoms with Gasteiger partial charge >= 0.3 is 5.97 Å². The van der Waals surface area contributed by atoms with Gasteiger partial charge < -0.3 is 14.9 Å². The van der Waals surface area contributed by atoms with Crippen LogP contribution in [-0.4, -0.2) is 35.0 Å². The molecule has 4 heteroatoms. The van der Waals surface area contributed by atoms with Crippen molar-refractivity contribution in [2.24, 2.45) is 51.8 Å². The maximum Gasteiger partial charge on any atom is 0.311 e. The van der Waals surface area contributed by atoms with Gasteiger partial charge in [-0.2, -0.15) is 0 Å². The van der Waals surface area contributed by atoms with E-state index in [2.05, 4.69) is 33.8 Å². The lowest BCUT2D eigenvalue weighted by Crippen LogP contribution is -2.51. The van der Waals surface area contributed by atoms with Crippen LogP contribution in [0.4, 0.5) is 0 Å². The first-order valence-electron chi connectivity index (χ1n) is 15.0. The predicted molar refractivity (Wildman–Crippen MR) is 145 cm³/mol. The first-order chi connectivity index (χ1) is 16.8. The Balaban J connectivity index is 1.46. The maximum atomic E-state index is 12.5. The van der Waals surface area contributed by atoms with Crippen LogP contribution in [0.1, 0.15) is 113 Å². The summed E-state index contributed by atoms with van der Waals surface area (Å²) in [5.41, 5.74) is 1.52. The molecule has 206 valence electrons. The number of fused-ring (bicyclic) bond motifs is 5. The average molecular weight is 503 g/mol. The summed E-state index contributed by atoms with van der Waals surface area (Å²) in [5, 5.41) is 20.8. The van der Waals surface area contributed by atoms with Gasteiger partial charge in [-0.15, -0.1) is 0 Å². The van der Waals surface area contributed by atoms with Gasteiger partial charge in [-0.25, -0.2) is 0 Å². The molecule has 36 heavy (non-hydrogen) atoms. The van der Waals surface area contributed by atoms with E-state index < -0.39 is 5.41 Å². The van der Waals surface area contributed by atoms with E-state index in [4.69, 9.17) is 4.74 Å². The van der Waals surface area contributed by atoms with E-state index in [0.717, 1.165) is 51.4 Å². The zero-order valence-electron chi connectivity index (χ0n) is 24.2. The second kappa shape index (κ2) is 10.4. The number of carbonyl (C=O) groups excluding carboxylic acids is 1. The molecular weight excluding hydrogens is 448 g/mol. The topological polar surface area (TPSA) is 66.8 Å². The van der Waals surface area contributed by atoms with Crippen LogP contribution < -0.4 is 0 Å². The number of rotatable bonds is 7. The van der Waals surface area contributed by atoms with E-state index in [1.807, 2.05) is 20.8 Å². The van der Waals surface area contributed by atoms with Crippen LogP contribution >= 0.6 is 0 Å². The fourth-order valence-corrected chi connectivity index (χ4v) is 9.20. The Kier molecular flexibility index (Phi) is 8.10. The van der Waals surface area contributed by atoms with E-state index in [0.29, 0.717) is 35.5 Å². The summed E-state index contributed by atoms with van der Waals surface area (Å²) in [4.78, 5) is 12.5. The number of esters is 1. The summed E-state index contributed by atoms with van der Waals surface area (Å²) >= 11 is 0. The molecule has 0 aliphatic heterocycles. The van der Waals surface area contributed by atoms with E-state index in [1.54, 1.807) is 0 Å². The smallest absolute Gasteiger partial charge is 0.311 e. The molecule has 3 fully saturated rings. The molecule has 0 radical (unpaired) electrons. The lowest BCUT2D eigenvalue weighted by atomic mass is 9.47. The van der Waals surface area contributed by atoms with Crippen molar-refractivity contribution in [1.29, 1.82) is 0 Å². The van der Waals surface area contributed by atoms with Gasteiger partial charge in [0.05, 0.1) is 11.5 Å². The Hall–Kier alpha value is -0.870. The van der Waals surface area contributed by atoms with Crippen LogP contribution in [0.3, 0.4) is 0 Å². The monoisotopic (exact) mass is 502 g/mol. The molecule has 4 nitrogen and oxygen atoms in total. The van der Waals surface area contributed by atoms with Crippen molar-refractivity contribution >= 4 is 5.97 Å². The molecule has 4 aliphatic carbocycles. The number of aliphatic hydroxyl groups excluding tert-OH is 2. The SMILES string of the molecule is C[C@@H](CO)CCC[C@@H](C)[C@H]1[C@@H](O)C[C@H]2[C@@H]3CC=C4C[C@@H](OC(=O)C(C)(C)C)CC[C@]4(C)[C@H]3CC[C@]12C. The van der Waals surface area contributed by atoms with Crippen molar-refractivity contribution in [3.05, 3.63) is 11.6 Å². The van der Waals surface area contributed by atoms with Gasteiger partial charge in [0.1, 0.15) is 6.10 Å². The summed E-state index contributed by atoms with van der Waals surface area (Å²) in [6.45, 7) is 15.6. The van der Waals surface area contributed by atoms with Crippen LogP contribution in [0, 0.1) is 51.8 Å². The molecule has 0 aromatic heterocycles. The third kappa shape index (κ3) is 5.07. The van der Waals surface area contributed by atoms with Crippen molar-refractivity contribution in [1.82, 2.24) is 0 Å². The normalized spacial score (nSPS) is 42.0. The highest BCUT2D eigenvalue weighted by molar-refractivity contribution is 5.75. The first-order valence-corrected chi connectivity index (χ1v) is 15.0. The van der Waals surface area contributed by atoms with Crippen molar-refractivity contribution < 1.29 is 19.7 Å². The number of carbonyl (C=O) groups is 1. The second-order valence-corrected chi connectivity index (χ2v) is 14.8. The Labute approximate surface area is 220 Å². The minimum Gasteiger partial charge on any atom is -0.462 e. The molecule has 0 bridgehead atoms. The molecule has 0 aromatic rings. The van der Waals surface area contributed by atoms with Gasteiger partial charge in [0.2, 0.25) is 0 Å². The van der Waals surface area contributed by atoms with Crippen molar-refractivity contribution in [2.45, 2.75) is 125 Å². The maximum absolute atomic E-state index is 12.5. The highest BCUT2D eigenvalue weighted by atomic mass is 16.5. The number of allylic oxidation sites excluding steroid dienone is 1. The van der Waals surface area contributed by atoms with Gasteiger partial charge in [0, 0.05) is 13.0 Å². The summed E-state index contributed by atoms with van der Waals surface area (Å²) in [6, 6.07) is 0. The van der Waals surface area contributed by atoms with Gasteiger partial charge in [0.25, 0.3) is 0 Å². The van der Waals surface area contributed by atoms with Crippen molar-refractivity contribution in [2.75, 3.05) is 6.61 Å². The molecule has 3 saturated carbocycles. The lowest BCUT2D eigenvalue weighted by Gasteiger charge is -2.58. The van der Waals surface area contributed by atoms with Gasteiger partial charge in [-0.05, 0) is 112 Å². The summed E-state index contributed by atoms with van der Waals surface area (Å²) < 4.78 is 5.95. The van der Waals surface area contributed by atoms with Crippen LogP contribution in [0.25, 0.3) is 0 Å².